The van der Waals surface area contributed by atoms with Crippen LogP contribution in [-0.4, -0.2) is 47.8 Å². The number of carbonyl (C=O) groups is 2. The number of amides is 2. The Balaban J connectivity index is 1.43. The lowest BCUT2D eigenvalue weighted by Gasteiger charge is -2.35. The molecule has 0 bridgehead atoms. The van der Waals surface area contributed by atoms with Crippen LogP contribution >= 0.6 is 0 Å². The zero-order chi connectivity index (χ0) is 21.3. The number of rotatable bonds is 2. The predicted octanol–water partition coefficient (Wildman–Crippen LogP) is 4.74. The van der Waals surface area contributed by atoms with Crippen LogP contribution < -0.4 is 0 Å². The Morgan fingerprint density at radius 3 is 1.90 bits per heavy atom. The van der Waals surface area contributed by atoms with Crippen LogP contribution in [0.3, 0.4) is 0 Å². The highest BCUT2D eigenvalue weighted by Crippen LogP contribution is 2.23. The van der Waals surface area contributed by atoms with Crippen molar-refractivity contribution in [3.05, 3.63) is 83.4 Å². The molecule has 0 spiro atoms. The molecule has 4 heteroatoms. The van der Waals surface area contributed by atoms with Gasteiger partial charge in [-0.15, -0.1) is 0 Å². The fourth-order valence-electron chi connectivity index (χ4n) is 3.99. The third kappa shape index (κ3) is 3.95. The van der Waals surface area contributed by atoms with Crippen molar-refractivity contribution in [3.8, 4) is 0 Å². The van der Waals surface area contributed by atoms with Gasteiger partial charge in [0.25, 0.3) is 11.8 Å². The van der Waals surface area contributed by atoms with Crippen molar-refractivity contribution in [1.29, 1.82) is 0 Å². The van der Waals surface area contributed by atoms with E-state index in [0.717, 1.165) is 16.3 Å². The summed E-state index contributed by atoms with van der Waals surface area (Å²) in [6.45, 7) is 8.69. The molecule has 0 aliphatic carbocycles. The Morgan fingerprint density at radius 1 is 0.700 bits per heavy atom. The number of piperazine rings is 1. The summed E-state index contributed by atoms with van der Waals surface area (Å²) in [7, 11) is 0. The second-order valence-electron chi connectivity index (χ2n) is 8.94. The SMILES string of the molecule is CC(C)(C)c1ccc(C(=O)N2CCN(C(=O)c3cccc4ccccc34)CC2)cc1. The first-order valence-electron chi connectivity index (χ1n) is 10.5. The van der Waals surface area contributed by atoms with Gasteiger partial charge >= 0.3 is 0 Å². The van der Waals surface area contributed by atoms with Crippen LogP contribution in [0.2, 0.25) is 0 Å². The minimum Gasteiger partial charge on any atom is -0.335 e. The minimum absolute atomic E-state index is 0.0349. The van der Waals surface area contributed by atoms with Crippen LogP contribution in [-0.2, 0) is 5.41 Å². The average Bonchev–Trinajstić information content (AvgIpc) is 2.77. The molecule has 0 N–H and O–H groups in total. The molecule has 154 valence electrons. The summed E-state index contributed by atoms with van der Waals surface area (Å²) < 4.78 is 0. The van der Waals surface area contributed by atoms with Gasteiger partial charge in [-0.1, -0.05) is 69.3 Å². The summed E-state index contributed by atoms with van der Waals surface area (Å²) in [4.78, 5) is 29.7. The van der Waals surface area contributed by atoms with Crippen molar-refractivity contribution in [2.75, 3.05) is 26.2 Å². The zero-order valence-corrected chi connectivity index (χ0v) is 17.9. The molecular formula is C26H28N2O2. The number of hydrogen-bond acceptors (Lipinski definition) is 2. The number of carbonyl (C=O) groups excluding carboxylic acids is 2. The summed E-state index contributed by atoms with van der Waals surface area (Å²) in [6, 6.07) is 21.7. The quantitative estimate of drug-likeness (QED) is 0.624. The molecule has 30 heavy (non-hydrogen) atoms. The maximum atomic E-state index is 13.1. The van der Waals surface area contributed by atoms with Gasteiger partial charge < -0.3 is 9.80 Å². The van der Waals surface area contributed by atoms with E-state index in [9.17, 15) is 9.59 Å². The van der Waals surface area contributed by atoms with Crippen molar-refractivity contribution in [3.63, 3.8) is 0 Å². The number of fused-ring (bicyclic) bond motifs is 1. The van der Waals surface area contributed by atoms with Crippen molar-refractivity contribution < 1.29 is 9.59 Å². The highest BCUT2D eigenvalue weighted by atomic mass is 16.2. The number of hydrogen-bond donors (Lipinski definition) is 0. The molecule has 1 fully saturated rings. The van der Waals surface area contributed by atoms with E-state index in [2.05, 4.69) is 20.8 Å². The molecule has 0 unspecified atom stereocenters. The first-order chi connectivity index (χ1) is 14.3. The van der Waals surface area contributed by atoms with Crippen molar-refractivity contribution in [1.82, 2.24) is 9.80 Å². The van der Waals surface area contributed by atoms with Gasteiger partial charge in [-0.3, -0.25) is 9.59 Å². The van der Waals surface area contributed by atoms with E-state index >= 15 is 0 Å². The van der Waals surface area contributed by atoms with E-state index in [1.54, 1.807) is 0 Å². The fourth-order valence-corrected chi connectivity index (χ4v) is 3.99. The van der Waals surface area contributed by atoms with Crippen molar-refractivity contribution in [2.45, 2.75) is 26.2 Å². The van der Waals surface area contributed by atoms with Crippen LogP contribution in [0.5, 0.6) is 0 Å². The van der Waals surface area contributed by atoms with E-state index in [0.29, 0.717) is 31.7 Å². The molecule has 1 heterocycles. The number of benzene rings is 3. The minimum atomic E-state index is 0.0349. The lowest BCUT2D eigenvalue weighted by Crippen LogP contribution is -2.50. The van der Waals surface area contributed by atoms with Gasteiger partial charge in [-0.2, -0.15) is 0 Å². The molecule has 0 atom stereocenters. The van der Waals surface area contributed by atoms with E-state index in [1.807, 2.05) is 76.5 Å². The summed E-state index contributed by atoms with van der Waals surface area (Å²) in [5.41, 5.74) is 2.71. The van der Waals surface area contributed by atoms with Crippen LogP contribution in [0.4, 0.5) is 0 Å². The molecule has 1 saturated heterocycles. The van der Waals surface area contributed by atoms with Crippen LogP contribution in [0.1, 0.15) is 47.1 Å². The van der Waals surface area contributed by atoms with Gasteiger partial charge in [0, 0.05) is 37.3 Å². The second kappa shape index (κ2) is 7.94. The van der Waals surface area contributed by atoms with Crippen LogP contribution in [0.25, 0.3) is 10.8 Å². The van der Waals surface area contributed by atoms with Crippen molar-refractivity contribution >= 4 is 22.6 Å². The van der Waals surface area contributed by atoms with Gasteiger partial charge in [-0.25, -0.2) is 0 Å². The van der Waals surface area contributed by atoms with Gasteiger partial charge in [0.1, 0.15) is 0 Å². The predicted molar refractivity (Wildman–Crippen MR) is 121 cm³/mol. The van der Waals surface area contributed by atoms with E-state index in [-0.39, 0.29) is 17.2 Å². The summed E-state index contributed by atoms with van der Waals surface area (Å²) in [6.07, 6.45) is 0. The molecule has 2 amide bonds. The topological polar surface area (TPSA) is 40.6 Å². The maximum Gasteiger partial charge on any atom is 0.254 e. The highest BCUT2D eigenvalue weighted by Gasteiger charge is 2.26. The largest absolute Gasteiger partial charge is 0.335 e. The fraction of sp³-hybridized carbons (Fsp3) is 0.308. The standard InChI is InChI=1S/C26H28N2O2/c1-26(2,3)21-13-11-20(12-14-21)24(29)27-15-17-28(18-16-27)25(30)23-10-6-8-19-7-4-5-9-22(19)23/h4-14H,15-18H2,1-3H3. The Labute approximate surface area is 178 Å². The van der Waals surface area contributed by atoms with Crippen LogP contribution in [0.15, 0.2) is 66.7 Å². The Hall–Kier alpha value is -3.14. The molecule has 3 aromatic rings. The molecule has 4 nitrogen and oxygen atoms in total. The molecule has 1 aliphatic heterocycles. The van der Waals surface area contributed by atoms with E-state index < -0.39 is 0 Å². The Kier molecular flexibility index (Phi) is 5.33. The summed E-state index contributed by atoms with van der Waals surface area (Å²) in [5, 5.41) is 2.04. The number of nitrogens with zero attached hydrogens (tertiary/aromatic N) is 2. The van der Waals surface area contributed by atoms with Crippen LogP contribution in [0, 0.1) is 0 Å². The molecule has 0 saturated carbocycles. The second-order valence-corrected chi connectivity index (χ2v) is 8.94. The third-order valence-electron chi connectivity index (χ3n) is 5.87. The van der Waals surface area contributed by atoms with Gasteiger partial charge in [-0.05, 0) is 39.9 Å². The average molecular weight is 401 g/mol. The first-order valence-corrected chi connectivity index (χ1v) is 10.5. The van der Waals surface area contributed by atoms with Gasteiger partial charge in [0.05, 0.1) is 0 Å². The van der Waals surface area contributed by atoms with E-state index in [4.69, 9.17) is 0 Å². The van der Waals surface area contributed by atoms with E-state index in [1.165, 1.54) is 5.56 Å². The Bertz CT molecular complexity index is 1070. The normalized spacial score (nSPS) is 14.8. The lowest BCUT2D eigenvalue weighted by atomic mass is 9.86. The summed E-state index contributed by atoms with van der Waals surface area (Å²) >= 11 is 0. The Morgan fingerprint density at radius 2 is 1.27 bits per heavy atom. The zero-order valence-electron chi connectivity index (χ0n) is 17.9. The van der Waals surface area contributed by atoms with Crippen molar-refractivity contribution in [2.24, 2.45) is 0 Å². The monoisotopic (exact) mass is 400 g/mol. The summed E-state index contributed by atoms with van der Waals surface area (Å²) in [5.74, 6) is 0.0705. The molecule has 0 radical (unpaired) electrons. The third-order valence-corrected chi connectivity index (χ3v) is 5.87. The first kappa shape index (κ1) is 20.1. The van der Waals surface area contributed by atoms with Gasteiger partial charge in [0.2, 0.25) is 0 Å². The smallest absolute Gasteiger partial charge is 0.254 e. The molecule has 0 aromatic heterocycles. The molecule has 4 rings (SSSR count). The maximum absolute atomic E-state index is 13.1. The van der Waals surface area contributed by atoms with Gasteiger partial charge in [0.15, 0.2) is 0 Å². The highest BCUT2D eigenvalue weighted by molar-refractivity contribution is 6.07. The lowest BCUT2D eigenvalue weighted by molar-refractivity contribution is 0.0536. The molecular weight excluding hydrogens is 372 g/mol. The molecule has 3 aromatic carbocycles. The molecule has 1 aliphatic rings.